The maximum absolute atomic E-state index is 14.1. The van der Waals surface area contributed by atoms with Crippen molar-refractivity contribution in [2.24, 2.45) is 0 Å². The topological polar surface area (TPSA) is 99.9 Å². The summed E-state index contributed by atoms with van der Waals surface area (Å²) >= 11 is 0. The molecule has 11 heteroatoms. The van der Waals surface area contributed by atoms with Gasteiger partial charge in [0.1, 0.15) is 23.4 Å². The molecule has 5 rings (SSSR count). The van der Waals surface area contributed by atoms with E-state index in [0.29, 0.717) is 61.0 Å². The zero-order chi connectivity index (χ0) is 22.9. The lowest BCUT2D eigenvalue weighted by atomic mass is 10.2. The highest BCUT2D eigenvalue weighted by molar-refractivity contribution is 5.83. The molecule has 0 aliphatic carbocycles. The van der Waals surface area contributed by atoms with E-state index < -0.39 is 5.82 Å². The number of imidazole rings is 1. The van der Waals surface area contributed by atoms with E-state index in [1.54, 1.807) is 22.1 Å². The van der Waals surface area contributed by atoms with Crippen LogP contribution in [0.1, 0.15) is 18.7 Å². The molecule has 0 bridgehead atoms. The van der Waals surface area contributed by atoms with Crippen molar-refractivity contribution in [3.8, 4) is 11.5 Å². The molecule has 174 valence electrons. The molecule has 0 saturated carbocycles. The van der Waals surface area contributed by atoms with Crippen molar-refractivity contribution in [3.63, 3.8) is 0 Å². The molecule has 0 amide bonds. The van der Waals surface area contributed by atoms with Gasteiger partial charge in [0.05, 0.1) is 36.8 Å². The van der Waals surface area contributed by atoms with Gasteiger partial charge in [-0.1, -0.05) is 12.1 Å². The summed E-state index contributed by atoms with van der Waals surface area (Å²) in [5.41, 5.74) is 1.54. The number of hydrogen-bond donors (Lipinski definition) is 0. The summed E-state index contributed by atoms with van der Waals surface area (Å²) in [5, 5.41) is 4.05. The lowest BCUT2D eigenvalue weighted by molar-refractivity contribution is 0.0364. The van der Waals surface area contributed by atoms with Crippen LogP contribution in [-0.4, -0.2) is 75.6 Å². The first kappa shape index (κ1) is 21.7. The Bertz CT molecular complexity index is 1340. The van der Waals surface area contributed by atoms with Gasteiger partial charge < -0.3 is 18.6 Å². The molecule has 33 heavy (non-hydrogen) atoms. The molecule has 0 spiro atoms. The molecule has 4 aromatic rings. The first-order chi connectivity index (χ1) is 16.1. The van der Waals surface area contributed by atoms with E-state index in [0.717, 1.165) is 13.1 Å². The van der Waals surface area contributed by atoms with Crippen LogP contribution in [0.2, 0.25) is 0 Å². The Balaban J connectivity index is 1.62. The van der Waals surface area contributed by atoms with Crippen LogP contribution in [0.5, 0.6) is 0 Å². The zero-order valence-corrected chi connectivity index (χ0v) is 18.5. The second-order valence-electron chi connectivity index (χ2n) is 8.17. The molecular formula is C22H25FN6O4. The molecule has 1 unspecified atom stereocenters. The highest BCUT2D eigenvalue weighted by Gasteiger charge is 2.23. The Morgan fingerprint density at radius 2 is 2.03 bits per heavy atom. The normalized spacial score (nSPS) is 16.1. The minimum atomic E-state index is -0.406. The van der Waals surface area contributed by atoms with E-state index in [2.05, 4.69) is 20.0 Å². The minimum Gasteiger partial charge on any atom is -0.384 e. The van der Waals surface area contributed by atoms with E-state index in [-0.39, 0.29) is 17.3 Å². The number of halogens is 1. The fourth-order valence-corrected chi connectivity index (χ4v) is 4.19. The van der Waals surface area contributed by atoms with Gasteiger partial charge in [-0.05, 0) is 18.2 Å². The van der Waals surface area contributed by atoms with Crippen molar-refractivity contribution in [1.82, 2.24) is 29.0 Å². The Morgan fingerprint density at radius 1 is 1.21 bits per heavy atom. The van der Waals surface area contributed by atoms with Crippen LogP contribution >= 0.6 is 0 Å². The van der Waals surface area contributed by atoms with Gasteiger partial charge in [-0.25, -0.2) is 9.37 Å². The third kappa shape index (κ3) is 4.03. The van der Waals surface area contributed by atoms with Gasteiger partial charge in [0.25, 0.3) is 5.56 Å². The van der Waals surface area contributed by atoms with Crippen molar-refractivity contribution in [2.45, 2.75) is 19.4 Å². The van der Waals surface area contributed by atoms with Crippen LogP contribution in [0.25, 0.3) is 28.1 Å². The first-order valence-electron chi connectivity index (χ1n) is 10.9. The monoisotopic (exact) mass is 456 g/mol. The maximum Gasteiger partial charge on any atom is 0.277 e. The van der Waals surface area contributed by atoms with Gasteiger partial charge >= 0.3 is 0 Å². The SMILES string of the molecule is COCC(C)c1nc(-c2ncn3c2c(=O)n(CCN2CCOCC2)c2cc(F)ccc23)no1. The summed E-state index contributed by atoms with van der Waals surface area (Å²) in [6.45, 7) is 6.31. The van der Waals surface area contributed by atoms with Gasteiger partial charge in [0.15, 0.2) is 0 Å². The summed E-state index contributed by atoms with van der Waals surface area (Å²) in [6, 6.07) is 4.40. The second-order valence-corrected chi connectivity index (χ2v) is 8.17. The number of fused-ring (bicyclic) bond motifs is 3. The molecule has 1 atom stereocenters. The average molecular weight is 456 g/mol. The molecule has 0 N–H and O–H groups in total. The molecule has 10 nitrogen and oxygen atoms in total. The number of hydrogen-bond acceptors (Lipinski definition) is 8. The standard InChI is InChI=1S/C22H25FN6O4/c1-14(12-31-2)21-25-20(26-33-21)18-19-22(30)28(6-5-27-7-9-32-10-8-27)17-11-15(23)3-4-16(17)29(19)13-24-18/h3-4,11,13-14H,5-10,12H2,1-2H3. The van der Waals surface area contributed by atoms with Crippen LogP contribution < -0.4 is 5.56 Å². The molecule has 0 radical (unpaired) electrons. The van der Waals surface area contributed by atoms with Crippen molar-refractivity contribution < 1.29 is 18.4 Å². The van der Waals surface area contributed by atoms with Crippen LogP contribution in [0.15, 0.2) is 33.8 Å². The number of nitrogens with zero attached hydrogens (tertiary/aromatic N) is 6. The fraction of sp³-hybridized carbons (Fsp3) is 0.455. The number of morpholine rings is 1. The van der Waals surface area contributed by atoms with Crippen molar-refractivity contribution in [3.05, 3.63) is 46.6 Å². The number of aromatic nitrogens is 5. The van der Waals surface area contributed by atoms with Crippen molar-refractivity contribution in [2.75, 3.05) is 46.6 Å². The molecule has 4 heterocycles. The fourth-order valence-electron chi connectivity index (χ4n) is 4.19. The first-order valence-corrected chi connectivity index (χ1v) is 10.9. The van der Waals surface area contributed by atoms with Crippen LogP contribution in [0.4, 0.5) is 4.39 Å². The zero-order valence-electron chi connectivity index (χ0n) is 18.5. The van der Waals surface area contributed by atoms with Crippen LogP contribution in [-0.2, 0) is 16.0 Å². The summed E-state index contributed by atoms with van der Waals surface area (Å²) in [7, 11) is 1.60. The Morgan fingerprint density at radius 3 is 2.82 bits per heavy atom. The number of methoxy groups -OCH3 is 1. The highest BCUT2D eigenvalue weighted by Crippen LogP contribution is 2.24. The van der Waals surface area contributed by atoms with E-state index in [1.165, 1.54) is 18.5 Å². The highest BCUT2D eigenvalue weighted by atomic mass is 19.1. The summed E-state index contributed by atoms with van der Waals surface area (Å²) in [4.78, 5) is 24.7. The van der Waals surface area contributed by atoms with Gasteiger partial charge in [0.2, 0.25) is 11.7 Å². The van der Waals surface area contributed by atoms with Gasteiger partial charge in [-0.3, -0.25) is 14.1 Å². The quantitative estimate of drug-likeness (QED) is 0.416. The van der Waals surface area contributed by atoms with Gasteiger partial charge in [-0.15, -0.1) is 0 Å². The second kappa shape index (κ2) is 9.00. The largest absolute Gasteiger partial charge is 0.384 e. The Kier molecular flexibility index (Phi) is 5.92. The molecule has 1 aliphatic heterocycles. The number of benzene rings is 1. The van der Waals surface area contributed by atoms with E-state index in [4.69, 9.17) is 14.0 Å². The lowest BCUT2D eigenvalue weighted by Gasteiger charge is -2.27. The smallest absolute Gasteiger partial charge is 0.277 e. The summed E-state index contributed by atoms with van der Waals surface area (Å²) in [6.07, 6.45) is 1.53. The number of rotatable bonds is 7. The molecule has 1 aromatic carbocycles. The predicted octanol–water partition coefficient (Wildman–Crippen LogP) is 1.92. The molecule has 3 aromatic heterocycles. The summed E-state index contributed by atoms with van der Waals surface area (Å²) in [5.74, 6) is 0.132. The van der Waals surface area contributed by atoms with Gasteiger partial charge in [-0.2, -0.15) is 4.98 Å². The Labute approximate surface area is 188 Å². The average Bonchev–Trinajstić information content (AvgIpc) is 3.47. The summed E-state index contributed by atoms with van der Waals surface area (Å²) < 4.78 is 33.3. The molecule has 1 saturated heterocycles. The Hall–Kier alpha value is -3.15. The third-order valence-corrected chi connectivity index (χ3v) is 5.94. The van der Waals surface area contributed by atoms with Crippen LogP contribution in [0.3, 0.4) is 0 Å². The number of ether oxygens (including phenoxy) is 2. The van der Waals surface area contributed by atoms with Gasteiger partial charge in [0, 0.05) is 33.3 Å². The van der Waals surface area contributed by atoms with E-state index >= 15 is 0 Å². The van der Waals surface area contributed by atoms with E-state index in [9.17, 15) is 9.18 Å². The lowest BCUT2D eigenvalue weighted by Crippen LogP contribution is -2.39. The molecular weight excluding hydrogens is 431 g/mol. The molecule has 1 fully saturated rings. The maximum atomic E-state index is 14.1. The third-order valence-electron chi connectivity index (χ3n) is 5.94. The molecule has 1 aliphatic rings. The van der Waals surface area contributed by atoms with Crippen LogP contribution in [0, 0.1) is 5.82 Å². The van der Waals surface area contributed by atoms with E-state index in [1.807, 2.05) is 6.92 Å². The predicted molar refractivity (Wildman–Crippen MR) is 118 cm³/mol. The minimum absolute atomic E-state index is 0.0980. The van der Waals surface area contributed by atoms with Crippen molar-refractivity contribution in [1.29, 1.82) is 0 Å². The van der Waals surface area contributed by atoms with Crippen molar-refractivity contribution >= 4 is 16.6 Å².